The summed E-state index contributed by atoms with van der Waals surface area (Å²) < 4.78 is 5.04. The van der Waals surface area contributed by atoms with Crippen LogP contribution in [0.2, 0.25) is 0 Å². The molecule has 2 unspecified atom stereocenters. The molecule has 0 aromatic heterocycles. The fraction of sp³-hybridized carbons (Fsp3) is 1.00. The third-order valence-corrected chi connectivity index (χ3v) is 1.56. The van der Waals surface area contributed by atoms with E-state index >= 15 is 0 Å². The molecule has 0 saturated heterocycles. The Labute approximate surface area is 77.6 Å². The van der Waals surface area contributed by atoms with Gasteiger partial charge >= 0.3 is 0 Å². The van der Waals surface area contributed by atoms with Crippen molar-refractivity contribution in [3.63, 3.8) is 0 Å². The first-order valence-corrected chi connectivity index (χ1v) is 4.46. The fourth-order valence-corrected chi connectivity index (χ4v) is 0.690. The van der Waals surface area contributed by atoms with E-state index in [1.165, 1.54) is 0 Å². The summed E-state index contributed by atoms with van der Waals surface area (Å²) in [5.74, 6) is 0. The molecule has 0 fully saturated rings. The van der Waals surface area contributed by atoms with Crippen LogP contribution in [-0.2, 0) is 4.74 Å². The SMILES string of the molecule is OC(S)CCOCCC(O)S. The van der Waals surface area contributed by atoms with Gasteiger partial charge in [-0.1, -0.05) is 0 Å². The number of ether oxygens (including phenoxy) is 1. The van der Waals surface area contributed by atoms with Crippen molar-refractivity contribution >= 4 is 25.3 Å². The minimum Gasteiger partial charge on any atom is -0.383 e. The maximum atomic E-state index is 8.68. The summed E-state index contributed by atoms with van der Waals surface area (Å²) in [6.07, 6.45) is 1.01. The minimum atomic E-state index is -0.615. The van der Waals surface area contributed by atoms with Gasteiger partial charge in [-0.05, 0) is 0 Å². The molecule has 0 aliphatic carbocycles. The summed E-state index contributed by atoms with van der Waals surface area (Å²) >= 11 is 7.50. The summed E-state index contributed by atoms with van der Waals surface area (Å²) in [6.45, 7) is 0.927. The average Bonchev–Trinajstić information content (AvgIpc) is 1.85. The molecule has 2 atom stereocenters. The van der Waals surface area contributed by atoms with Crippen molar-refractivity contribution in [2.24, 2.45) is 0 Å². The zero-order chi connectivity index (χ0) is 8.69. The van der Waals surface area contributed by atoms with Gasteiger partial charge in [-0.2, -0.15) is 0 Å². The van der Waals surface area contributed by atoms with Gasteiger partial charge in [0.15, 0.2) is 0 Å². The monoisotopic (exact) mass is 198 g/mol. The van der Waals surface area contributed by atoms with E-state index in [1.807, 2.05) is 0 Å². The van der Waals surface area contributed by atoms with Gasteiger partial charge in [-0.25, -0.2) is 0 Å². The van der Waals surface area contributed by atoms with E-state index in [-0.39, 0.29) is 0 Å². The molecular weight excluding hydrogens is 184 g/mol. The van der Waals surface area contributed by atoms with Gasteiger partial charge in [0.1, 0.15) is 0 Å². The van der Waals surface area contributed by atoms with Gasteiger partial charge in [-0.3, -0.25) is 0 Å². The Bertz CT molecular complexity index is 77.9. The summed E-state index contributed by atoms with van der Waals surface area (Å²) in [7, 11) is 0. The maximum absolute atomic E-state index is 8.68. The number of aliphatic hydroxyl groups excluding tert-OH is 2. The second-order valence-corrected chi connectivity index (χ2v) is 3.34. The Balaban J connectivity index is 2.91. The molecule has 0 aliphatic heterocycles. The van der Waals surface area contributed by atoms with E-state index < -0.39 is 10.9 Å². The van der Waals surface area contributed by atoms with Crippen molar-refractivity contribution in [1.29, 1.82) is 0 Å². The third kappa shape index (κ3) is 10.6. The van der Waals surface area contributed by atoms with E-state index in [2.05, 4.69) is 25.3 Å². The second kappa shape index (κ2) is 7.24. The normalized spacial score (nSPS) is 16.4. The predicted octanol–water partition coefficient (Wildman–Crippen LogP) is 0.280. The highest BCUT2D eigenvalue weighted by Crippen LogP contribution is 1.99. The highest BCUT2D eigenvalue weighted by atomic mass is 32.1. The highest BCUT2D eigenvalue weighted by molar-refractivity contribution is 7.80. The summed E-state index contributed by atoms with van der Waals surface area (Å²) in [6, 6.07) is 0. The molecule has 0 saturated carbocycles. The Morgan fingerprint density at radius 3 is 1.64 bits per heavy atom. The van der Waals surface area contributed by atoms with E-state index in [9.17, 15) is 0 Å². The van der Waals surface area contributed by atoms with Crippen LogP contribution in [0.3, 0.4) is 0 Å². The van der Waals surface area contributed by atoms with Crippen LogP contribution in [0.15, 0.2) is 0 Å². The smallest absolute Gasteiger partial charge is 0.0986 e. The fourth-order valence-electron chi connectivity index (χ4n) is 0.480. The highest BCUT2D eigenvalue weighted by Gasteiger charge is 1.98. The molecule has 0 aliphatic rings. The Kier molecular flexibility index (Phi) is 7.62. The lowest BCUT2D eigenvalue weighted by atomic mass is 10.4. The summed E-state index contributed by atoms with van der Waals surface area (Å²) in [5.41, 5.74) is -1.23. The largest absolute Gasteiger partial charge is 0.383 e. The third-order valence-electron chi connectivity index (χ3n) is 1.04. The molecule has 68 valence electrons. The summed E-state index contributed by atoms with van der Waals surface area (Å²) in [4.78, 5) is 0. The van der Waals surface area contributed by atoms with E-state index in [0.29, 0.717) is 26.1 Å². The standard InChI is InChI=1S/C6H14O3S2/c7-5(10)1-3-9-4-2-6(8)11/h5-8,10-11H,1-4H2. The zero-order valence-electron chi connectivity index (χ0n) is 6.18. The topological polar surface area (TPSA) is 49.7 Å². The van der Waals surface area contributed by atoms with Crippen LogP contribution in [0.25, 0.3) is 0 Å². The predicted molar refractivity (Wildman–Crippen MR) is 50.0 cm³/mol. The van der Waals surface area contributed by atoms with Gasteiger partial charge in [0.25, 0.3) is 0 Å². The summed E-state index contributed by atoms with van der Waals surface area (Å²) in [5, 5.41) is 17.4. The van der Waals surface area contributed by atoms with Crippen LogP contribution in [-0.4, -0.2) is 34.3 Å². The number of hydrogen-bond donors (Lipinski definition) is 4. The van der Waals surface area contributed by atoms with E-state index in [4.69, 9.17) is 14.9 Å². The lowest BCUT2D eigenvalue weighted by Gasteiger charge is -2.06. The Morgan fingerprint density at radius 1 is 1.00 bits per heavy atom. The van der Waals surface area contributed by atoms with Crippen LogP contribution in [0, 0.1) is 0 Å². The van der Waals surface area contributed by atoms with Crippen LogP contribution in [0.4, 0.5) is 0 Å². The quantitative estimate of drug-likeness (QED) is 0.282. The van der Waals surface area contributed by atoms with Gasteiger partial charge < -0.3 is 14.9 Å². The second-order valence-electron chi connectivity index (χ2n) is 2.15. The lowest BCUT2D eigenvalue weighted by Crippen LogP contribution is -2.07. The number of aliphatic hydroxyl groups is 2. The first-order chi connectivity index (χ1) is 5.13. The molecule has 0 rings (SSSR count). The molecule has 2 N–H and O–H groups in total. The molecule has 11 heavy (non-hydrogen) atoms. The van der Waals surface area contributed by atoms with E-state index in [0.717, 1.165) is 0 Å². The molecule has 0 heterocycles. The van der Waals surface area contributed by atoms with E-state index in [1.54, 1.807) is 0 Å². The van der Waals surface area contributed by atoms with Crippen molar-refractivity contribution in [3.05, 3.63) is 0 Å². The average molecular weight is 198 g/mol. The van der Waals surface area contributed by atoms with Crippen LogP contribution in [0.1, 0.15) is 12.8 Å². The molecule has 0 aromatic carbocycles. The first kappa shape index (κ1) is 11.6. The van der Waals surface area contributed by atoms with Crippen molar-refractivity contribution in [3.8, 4) is 0 Å². The van der Waals surface area contributed by atoms with Crippen LogP contribution < -0.4 is 0 Å². The number of hydrogen-bond acceptors (Lipinski definition) is 5. The molecule has 3 nitrogen and oxygen atoms in total. The molecule has 0 amide bonds. The van der Waals surface area contributed by atoms with Crippen molar-refractivity contribution < 1.29 is 14.9 Å². The van der Waals surface area contributed by atoms with Crippen LogP contribution in [0.5, 0.6) is 0 Å². The van der Waals surface area contributed by atoms with Crippen molar-refractivity contribution in [1.82, 2.24) is 0 Å². The Hall–Kier alpha value is 0.580. The van der Waals surface area contributed by atoms with Gasteiger partial charge in [0, 0.05) is 26.1 Å². The lowest BCUT2D eigenvalue weighted by molar-refractivity contribution is 0.0918. The van der Waals surface area contributed by atoms with Crippen LogP contribution >= 0.6 is 25.3 Å². The molecule has 0 radical (unpaired) electrons. The van der Waals surface area contributed by atoms with Crippen molar-refractivity contribution in [2.75, 3.05) is 13.2 Å². The molecule has 0 spiro atoms. The first-order valence-electron chi connectivity index (χ1n) is 3.43. The molecule has 0 bridgehead atoms. The van der Waals surface area contributed by atoms with Gasteiger partial charge in [0.2, 0.25) is 0 Å². The zero-order valence-corrected chi connectivity index (χ0v) is 7.97. The van der Waals surface area contributed by atoms with Gasteiger partial charge in [-0.15, -0.1) is 25.3 Å². The minimum absolute atomic E-state index is 0.463. The molecule has 5 heteroatoms. The Morgan fingerprint density at radius 2 is 1.36 bits per heavy atom. The maximum Gasteiger partial charge on any atom is 0.0986 e. The molecular formula is C6H14O3S2. The van der Waals surface area contributed by atoms with Gasteiger partial charge in [0.05, 0.1) is 10.9 Å². The number of thiol groups is 2. The molecule has 0 aromatic rings. The number of rotatable bonds is 6. The van der Waals surface area contributed by atoms with Crippen molar-refractivity contribution in [2.45, 2.75) is 23.7 Å².